The number of anilines is 1. The number of carbonyl (C=O) groups excluding carboxylic acids is 2. The summed E-state index contributed by atoms with van der Waals surface area (Å²) in [5, 5.41) is 8.59. The highest BCUT2D eigenvalue weighted by Gasteiger charge is 2.18. The van der Waals surface area contributed by atoms with Crippen LogP contribution in [-0.4, -0.2) is 44.2 Å². The highest BCUT2D eigenvalue weighted by Crippen LogP contribution is 2.16. The van der Waals surface area contributed by atoms with Crippen LogP contribution in [0.4, 0.5) is 5.69 Å². The summed E-state index contributed by atoms with van der Waals surface area (Å²) >= 11 is 0. The Bertz CT molecular complexity index is 516. The standard InChI is InChI=1S/C16H25N3O3.ClH/c1-16(2,3)19-15(21)12-7-5-6-8-13(12)18-14(20)11-17-9-10-22-4;/h5-8,17H,9-11H2,1-4H3,(H,18,20)(H,19,21);1H. The molecule has 0 atom stereocenters. The van der Waals surface area contributed by atoms with Crippen LogP contribution in [-0.2, 0) is 9.53 Å². The second-order valence-corrected chi connectivity index (χ2v) is 5.97. The Balaban J connectivity index is 0.00000484. The second-order valence-electron chi connectivity index (χ2n) is 5.97. The maximum absolute atomic E-state index is 12.3. The van der Waals surface area contributed by atoms with Crippen LogP contribution in [0.25, 0.3) is 0 Å². The molecule has 0 aliphatic carbocycles. The Labute approximate surface area is 143 Å². The van der Waals surface area contributed by atoms with E-state index in [1.165, 1.54) is 0 Å². The lowest BCUT2D eigenvalue weighted by Crippen LogP contribution is -2.41. The number of para-hydroxylation sites is 1. The summed E-state index contributed by atoms with van der Waals surface area (Å²) in [6.07, 6.45) is 0. The fourth-order valence-electron chi connectivity index (χ4n) is 1.77. The van der Waals surface area contributed by atoms with Crippen molar-refractivity contribution in [3.8, 4) is 0 Å². The maximum Gasteiger partial charge on any atom is 0.253 e. The summed E-state index contributed by atoms with van der Waals surface area (Å²) in [6, 6.07) is 6.95. The van der Waals surface area contributed by atoms with Gasteiger partial charge in [0.2, 0.25) is 5.91 Å². The number of nitrogens with one attached hydrogen (secondary N) is 3. The molecule has 2 amide bonds. The monoisotopic (exact) mass is 343 g/mol. The normalized spacial score (nSPS) is 10.6. The molecule has 7 heteroatoms. The van der Waals surface area contributed by atoms with E-state index < -0.39 is 0 Å². The Hall–Kier alpha value is -1.63. The summed E-state index contributed by atoms with van der Waals surface area (Å²) < 4.78 is 4.89. The van der Waals surface area contributed by atoms with Crippen molar-refractivity contribution in [2.45, 2.75) is 26.3 Å². The summed E-state index contributed by atoms with van der Waals surface area (Å²) in [5.74, 6) is -0.414. The number of methoxy groups -OCH3 is 1. The number of benzene rings is 1. The Morgan fingerprint density at radius 2 is 1.83 bits per heavy atom. The van der Waals surface area contributed by atoms with Crippen LogP contribution in [0.2, 0.25) is 0 Å². The molecule has 0 aromatic heterocycles. The van der Waals surface area contributed by atoms with Crippen molar-refractivity contribution in [3.05, 3.63) is 29.8 Å². The molecule has 0 fully saturated rings. The molecular weight excluding hydrogens is 318 g/mol. The first kappa shape index (κ1) is 21.4. The van der Waals surface area contributed by atoms with Crippen molar-refractivity contribution in [1.82, 2.24) is 10.6 Å². The van der Waals surface area contributed by atoms with Gasteiger partial charge in [0.15, 0.2) is 0 Å². The molecule has 3 N–H and O–H groups in total. The molecule has 23 heavy (non-hydrogen) atoms. The summed E-state index contributed by atoms with van der Waals surface area (Å²) in [4.78, 5) is 24.2. The summed E-state index contributed by atoms with van der Waals surface area (Å²) in [6.45, 7) is 7.02. The molecule has 1 aromatic carbocycles. The Kier molecular flexibility index (Phi) is 9.48. The van der Waals surface area contributed by atoms with Gasteiger partial charge in [0.25, 0.3) is 5.91 Å². The van der Waals surface area contributed by atoms with Crippen molar-refractivity contribution in [1.29, 1.82) is 0 Å². The van der Waals surface area contributed by atoms with Crippen LogP contribution in [0.3, 0.4) is 0 Å². The third-order valence-corrected chi connectivity index (χ3v) is 2.70. The first-order valence-electron chi connectivity index (χ1n) is 7.24. The van der Waals surface area contributed by atoms with E-state index in [0.29, 0.717) is 24.4 Å². The molecule has 0 bridgehead atoms. The first-order chi connectivity index (χ1) is 10.3. The van der Waals surface area contributed by atoms with E-state index in [4.69, 9.17) is 4.74 Å². The molecule has 0 saturated heterocycles. The number of amides is 2. The quantitative estimate of drug-likeness (QED) is 0.660. The average Bonchev–Trinajstić information content (AvgIpc) is 2.42. The van der Waals surface area contributed by atoms with E-state index in [1.807, 2.05) is 20.8 Å². The summed E-state index contributed by atoms with van der Waals surface area (Å²) in [5.41, 5.74) is 0.612. The van der Waals surface area contributed by atoms with Gasteiger partial charge in [-0.2, -0.15) is 0 Å². The topological polar surface area (TPSA) is 79.5 Å². The van der Waals surface area contributed by atoms with Gasteiger partial charge >= 0.3 is 0 Å². The van der Waals surface area contributed by atoms with Crippen molar-refractivity contribution in [3.63, 3.8) is 0 Å². The largest absolute Gasteiger partial charge is 0.383 e. The van der Waals surface area contributed by atoms with Crippen LogP contribution >= 0.6 is 12.4 Å². The van der Waals surface area contributed by atoms with Gasteiger partial charge in [-0.25, -0.2) is 0 Å². The number of carbonyl (C=O) groups is 2. The molecule has 1 aromatic rings. The number of halogens is 1. The van der Waals surface area contributed by atoms with E-state index >= 15 is 0 Å². The predicted molar refractivity (Wildman–Crippen MR) is 94.3 cm³/mol. The average molecular weight is 344 g/mol. The van der Waals surface area contributed by atoms with Crippen LogP contribution < -0.4 is 16.0 Å². The molecule has 130 valence electrons. The number of rotatable bonds is 7. The highest BCUT2D eigenvalue weighted by atomic mass is 35.5. The zero-order valence-electron chi connectivity index (χ0n) is 14.1. The van der Waals surface area contributed by atoms with E-state index in [-0.39, 0.29) is 36.3 Å². The first-order valence-corrected chi connectivity index (χ1v) is 7.24. The van der Waals surface area contributed by atoms with Crippen LogP contribution in [0, 0.1) is 0 Å². The molecule has 0 saturated carbocycles. The van der Waals surface area contributed by atoms with Gasteiger partial charge in [-0.05, 0) is 32.9 Å². The van der Waals surface area contributed by atoms with E-state index in [2.05, 4.69) is 16.0 Å². The molecule has 0 radical (unpaired) electrons. The number of ether oxygens (including phenoxy) is 1. The minimum absolute atomic E-state index is 0. The molecule has 0 aliphatic heterocycles. The molecule has 6 nitrogen and oxygen atoms in total. The van der Waals surface area contributed by atoms with Gasteiger partial charge in [-0.3, -0.25) is 9.59 Å². The lowest BCUT2D eigenvalue weighted by atomic mass is 10.1. The van der Waals surface area contributed by atoms with E-state index in [1.54, 1.807) is 31.4 Å². The molecule has 0 heterocycles. The lowest BCUT2D eigenvalue weighted by molar-refractivity contribution is -0.115. The van der Waals surface area contributed by atoms with Gasteiger partial charge in [0.05, 0.1) is 24.4 Å². The SMILES string of the molecule is COCCNCC(=O)Nc1ccccc1C(=O)NC(C)(C)C.Cl. The van der Waals surface area contributed by atoms with Gasteiger partial charge < -0.3 is 20.7 Å². The van der Waals surface area contributed by atoms with Crippen LogP contribution in [0.15, 0.2) is 24.3 Å². The predicted octanol–water partition coefficient (Wildman–Crippen LogP) is 1.81. The fraction of sp³-hybridized carbons (Fsp3) is 0.500. The molecule has 0 aliphatic rings. The minimum atomic E-state index is -0.337. The van der Waals surface area contributed by atoms with Gasteiger partial charge in [0, 0.05) is 19.2 Å². The smallest absolute Gasteiger partial charge is 0.253 e. The van der Waals surface area contributed by atoms with Gasteiger partial charge in [0.1, 0.15) is 0 Å². The number of hydrogen-bond acceptors (Lipinski definition) is 4. The minimum Gasteiger partial charge on any atom is -0.383 e. The van der Waals surface area contributed by atoms with Gasteiger partial charge in [-0.1, -0.05) is 12.1 Å². The van der Waals surface area contributed by atoms with Gasteiger partial charge in [-0.15, -0.1) is 12.4 Å². The summed E-state index contributed by atoms with van der Waals surface area (Å²) in [7, 11) is 1.60. The molecule has 1 rings (SSSR count). The third-order valence-electron chi connectivity index (χ3n) is 2.70. The van der Waals surface area contributed by atoms with Crippen molar-refractivity contribution >= 4 is 29.9 Å². The van der Waals surface area contributed by atoms with E-state index in [9.17, 15) is 9.59 Å². The second kappa shape index (κ2) is 10.2. The molecule has 0 unspecified atom stereocenters. The Morgan fingerprint density at radius 3 is 2.43 bits per heavy atom. The zero-order valence-corrected chi connectivity index (χ0v) is 14.9. The Morgan fingerprint density at radius 1 is 1.17 bits per heavy atom. The van der Waals surface area contributed by atoms with Crippen molar-refractivity contribution in [2.24, 2.45) is 0 Å². The van der Waals surface area contributed by atoms with E-state index in [0.717, 1.165) is 0 Å². The van der Waals surface area contributed by atoms with Crippen molar-refractivity contribution in [2.75, 3.05) is 32.1 Å². The van der Waals surface area contributed by atoms with Crippen molar-refractivity contribution < 1.29 is 14.3 Å². The number of hydrogen-bond donors (Lipinski definition) is 3. The molecule has 0 spiro atoms. The highest BCUT2D eigenvalue weighted by molar-refractivity contribution is 6.04. The molecular formula is C16H26ClN3O3. The van der Waals surface area contributed by atoms with Crippen LogP contribution in [0.1, 0.15) is 31.1 Å². The fourth-order valence-corrected chi connectivity index (χ4v) is 1.77. The lowest BCUT2D eigenvalue weighted by Gasteiger charge is -2.21. The maximum atomic E-state index is 12.3. The van der Waals surface area contributed by atoms with Crippen LogP contribution in [0.5, 0.6) is 0 Å². The zero-order chi connectivity index (χ0) is 16.6. The third kappa shape index (κ3) is 8.54.